The lowest BCUT2D eigenvalue weighted by Gasteiger charge is -2.08. The average molecular weight is 244 g/mol. The molecule has 0 bridgehead atoms. The highest BCUT2D eigenvalue weighted by Gasteiger charge is 2.37. The van der Waals surface area contributed by atoms with E-state index in [4.69, 9.17) is 5.73 Å². The van der Waals surface area contributed by atoms with Crippen LogP contribution in [0.4, 0.5) is 4.39 Å². The predicted molar refractivity (Wildman–Crippen MR) is 54.0 cm³/mol. The Morgan fingerprint density at radius 2 is 2.15 bits per heavy atom. The van der Waals surface area contributed by atoms with E-state index in [2.05, 4.69) is 15.9 Å². The summed E-state index contributed by atoms with van der Waals surface area (Å²) in [5, 5.41) is 0. The zero-order valence-corrected chi connectivity index (χ0v) is 8.77. The second-order valence-corrected chi connectivity index (χ2v) is 4.64. The van der Waals surface area contributed by atoms with E-state index >= 15 is 0 Å². The van der Waals surface area contributed by atoms with Gasteiger partial charge in [-0.15, -0.1) is 0 Å². The molecule has 70 valence electrons. The summed E-state index contributed by atoms with van der Waals surface area (Å²) in [6.45, 7) is 0. The molecule has 0 aromatic heterocycles. The Kier molecular flexibility index (Phi) is 2.16. The standard InChI is InChI=1S/C10H11BrFN/c11-8-5-7(1-2-9(8)12)6-10(13)3-4-10/h1-2,5H,3-4,6,13H2. The predicted octanol–water partition coefficient (Wildman–Crippen LogP) is 2.62. The van der Waals surface area contributed by atoms with Crippen LogP contribution in [0.3, 0.4) is 0 Å². The second kappa shape index (κ2) is 3.07. The first-order valence-corrected chi connectivity index (χ1v) is 5.11. The highest BCUT2D eigenvalue weighted by molar-refractivity contribution is 9.10. The Morgan fingerprint density at radius 1 is 1.46 bits per heavy atom. The second-order valence-electron chi connectivity index (χ2n) is 3.79. The van der Waals surface area contributed by atoms with E-state index in [0.29, 0.717) is 4.47 Å². The zero-order valence-electron chi connectivity index (χ0n) is 7.19. The monoisotopic (exact) mass is 243 g/mol. The van der Waals surface area contributed by atoms with Gasteiger partial charge in [-0.25, -0.2) is 4.39 Å². The number of benzene rings is 1. The van der Waals surface area contributed by atoms with Crippen LogP contribution in [0.1, 0.15) is 18.4 Å². The molecule has 1 saturated carbocycles. The van der Waals surface area contributed by atoms with E-state index in [1.807, 2.05) is 6.07 Å². The van der Waals surface area contributed by atoms with Gasteiger partial charge in [-0.1, -0.05) is 6.07 Å². The molecule has 0 unspecified atom stereocenters. The molecule has 1 aromatic carbocycles. The van der Waals surface area contributed by atoms with Crippen LogP contribution in [0.2, 0.25) is 0 Å². The Bertz CT molecular complexity index is 334. The highest BCUT2D eigenvalue weighted by atomic mass is 79.9. The molecule has 2 rings (SSSR count). The lowest BCUT2D eigenvalue weighted by molar-refractivity contribution is 0.617. The van der Waals surface area contributed by atoms with Crippen molar-refractivity contribution in [1.82, 2.24) is 0 Å². The third kappa shape index (κ3) is 2.09. The molecule has 13 heavy (non-hydrogen) atoms. The van der Waals surface area contributed by atoms with Gasteiger partial charge in [0.05, 0.1) is 4.47 Å². The molecule has 1 fully saturated rings. The van der Waals surface area contributed by atoms with E-state index in [1.165, 1.54) is 6.07 Å². The molecule has 0 saturated heterocycles. The van der Waals surface area contributed by atoms with Gasteiger partial charge < -0.3 is 5.73 Å². The van der Waals surface area contributed by atoms with Crippen LogP contribution in [0.15, 0.2) is 22.7 Å². The molecular weight excluding hydrogens is 233 g/mol. The average Bonchev–Trinajstić information content (AvgIpc) is 2.76. The van der Waals surface area contributed by atoms with Crippen molar-refractivity contribution in [3.05, 3.63) is 34.1 Å². The van der Waals surface area contributed by atoms with E-state index in [9.17, 15) is 4.39 Å². The number of rotatable bonds is 2. The van der Waals surface area contributed by atoms with Gasteiger partial charge in [0.25, 0.3) is 0 Å². The van der Waals surface area contributed by atoms with Crippen molar-refractivity contribution in [3.8, 4) is 0 Å². The summed E-state index contributed by atoms with van der Waals surface area (Å²) in [4.78, 5) is 0. The minimum absolute atomic E-state index is 0.00271. The Morgan fingerprint density at radius 3 is 2.69 bits per heavy atom. The van der Waals surface area contributed by atoms with Crippen molar-refractivity contribution >= 4 is 15.9 Å². The Hall–Kier alpha value is -0.410. The van der Waals surface area contributed by atoms with Crippen LogP contribution in [0.25, 0.3) is 0 Å². The fourth-order valence-corrected chi connectivity index (χ4v) is 1.82. The molecule has 0 aliphatic heterocycles. The fourth-order valence-electron chi connectivity index (χ4n) is 1.39. The largest absolute Gasteiger partial charge is 0.325 e. The van der Waals surface area contributed by atoms with E-state index in [1.54, 1.807) is 6.07 Å². The minimum atomic E-state index is -0.217. The normalized spacial score (nSPS) is 18.7. The van der Waals surface area contributed by atoms with Crippen molar-refractivity contribution in [2.45, 2.75) is 24.8 Å². The number of hydrogen-bond acceptors (Lipinski definition) is 1. The smallest absolute Gasteiger partial charge is 0.137 e. The molecule has 1 aromatic rings. The first kappa shape index (κ1) is 9.16. The molecular formula is C10H11BrFN. The van der Waals surface area contributed by atoms with Crippen LogP contribution in [0.5, 0.6) is 0 Å². The fraction of sp³-hybridized carbons (Fsp3) is 0.400. The molecule has 0 radical (unpaired) electrons. The number of hydrogen-bond donors (Lipinski definition) is 1. The maximum Gasteiger partial charge on any atom is 0.137 e. The Labute approximate surface area is 85.3 Å². The van der Waals surface area contributed by atoms with Gasteiger partial charge in [-0.3, -0.25) is 0 Å². The van der Waals surface area contributed by atoms with Gasteiger partial charge in [0, 0.05) is 5.54 Å². The van der Waals surface area contributed by atoms with Crippen LogP contribution in [-0.2, 0) is 6.42 Å². The van der Waals surface area contributed by atoms with Crippen LogP contribution >= 0.6 is 15.9 Å². The molecule has 1 aliphatic carbocycles. The van der Waals surface area contributed by atoms with Crippen molar-refractivity contribution in [2.24, 2.45) is 5.73 Å². The lowest BCUT2D eigenvalue weighted by Crippen LogP contribution is -2.24. The van der Waals surface area contributed by atoms with Gasteiger partial charge >= 0.3 is 0 Å². The summed E-state index contributed by atoms with van der Waals surface area (Å²) in [5.74, 6) is -0.217. The van der Waals surface area contributed by atoms with Gasteiger partial charge in [0.2, 0.25) is 0 Å². The van der Waals surface area contributed by atoms with E-state index in [0.717, 1.165) is 24.8 Å². The molecule has 0 heterocycles. The zero-order chi connectivity index (χ0) is 9.47. The van der Waals surface area contributed by atoms with Crippen LogP contribution in [-0.4, -0.2) is 5.54 Å². The maximum atomic E-state index is 12.9. The molecule has 2 N–H and O–H groups in total. The number of halogens is 2. The summed E-state index contributed by atoms with van der Waals surface area (Å²) in [6.07, 6.45) is 3.02. The summed E-state index contributed by atoms with van der Waals surface area (Å²) in [7, 11) is 0. The molecule has 0 spiro atoms. The van der Waals surface area contributed by atoms with Gasteiger partial charge in [-0.2, -0.15) is 0 Å². The lowest BCUT2D eigenvalue weighted by atomic mass is 10.1. The molecule has 0 amide bonds. The summed E-state index contributed by atoms with van der Waals surface area (Å²) in [6, 6.07) is 5.08. The maximum absolute atomic E-state index is 12.9. The topological polar surface area (TPSA) is 26.0 Å². The van der Waals surface area contributed by atoms with Crippen LogP contribution < -0.4 is 5.73 Å². The molecule has 1 nitrogen and oxygen atoms in total. The van der Waals surface area contributed by atoms with E-state index in [-0.39, 0.29) is 11.4 Å². The molecule has 3 heteroatoms. The third-order valence-electron chi connectivity index (χ3n) is 2.43. The molecule has 1 aliphatic rings. The third-order valence-corrected chi connectivity index (χ3v) is 3.04. The van der Waals surface area contributed by atoms with Gasteiger partial charge in [0.15, 0.2) is 0 Å². The Balaban J connectivity index is 2.17. The van der Waals surface area contributed by atoms with Gasteiger partial charge in [-0.05, 0) is 52.9 Å². The quantitative estimate of drug-likeness (QED) is 0.850. The van der Waals surface area contributed by atoms with Crippen molar-refractivity contribution in [1.29, 1.82) is 0 Å². The van der Waals surface area contributed by atoms with Crippen molar-refractivity contribution in [2.75, 3.05) is 0 Å². The molecule has 0 atom stereocenters. The van der Waals surface area contributed by atoms with Gasteiger partial charge in [0.1, 0.15) is 5.82 Å². The highest BCUT2D eigenvalue weighted by Crippen LogP contribution is 2.36. The van der Waals surface area contributed by atoms with Crippen molar-refractivity contribution in [3.63, 3.8) is 0 Å². The first-order valence-electron chi connectivity index (χ1n) is 4.32. The number of nitrogens with two attached hydrogens (primary N) is 1. The SMILES string of the molecule is NC1(Cc2ccc(F)c(Br)c2)CC1. The van der Waals surface area contributed by atoms with E-state index < -0.39 is 0 Å². The first-order chi connectivity index (χ1) is 6.09. The summed E-state index contributed by atoms with van der Waals surface area (Å²) in [5.41, 5.74) is 7.06. The minimum Gasteiger partial charge on any atom is -0.325 e. The van der Waals surface area contributed by atoms with Crippen LogP contribution in [0, 0.1) is 5.82 Å². The van der Waals surface area contributed by atoms with Crippen molar-refractivity contribution < 1.29 is 4.39 Å². The summed E-state index contributed by atoms with van der Waals surface area (Å²) >= 11 is 3.16. The summed E-state index contributed by atoms with van der Waals surface area (Å²) < 4.78 is 13.4.